The van der Waals surface area contributed by atoms with E-state index in [2.05, 4.69) is 11.6 Å². The fraction of sp³-hybridized carbons (Fsp3) is 0. The molecule has 0 aliphatic carbocycles. The van der Waals surface area contributed by atoms with Crippen LogP contribution in [0, 0.1) is 0 Å². The molecule has 0 unspecified atom stereocenters. The van der Waals surface area contributed by atoms with Crippen LogP contribution in [0.25, 0.3) is 15.8 Å². The predicted octanol–water partition coefficient (Wildman–Crippen LogP) is 2.83. The highest BCUT2D eigenvalue weighted by Gasteiger charge is 2.03. The number of pyridine rings is 1. The van der Waals surface area contributed by atoms with Crippen LogP contribution >= 0.6 is 11.3 Å². The highest BCUT2D eigenvalue weighted by molar-refractivity contribution is 7.17. The molecule has 0 aliphatic heterocycles. The van der Waals surface area contributed by atoms with Crippen LogP contribution < -0.4 is 0 Å². The molecule has 1 N–H and O–H groups in total. The van der Waals surface area contributed by atoms with Crippen molar-refractivity contribution >= 4 is 27.2 Å². The topological polar surface area (TPSA) is 33.1 Å². The molecule has 0 aromatic carbocycles. The van der Waals surface area contributed by atoms with E-state index in [1.54, 1.807) is 23.7 Å². The fourth-order valence-corrected chi connectivity index (χ4v) is 1.90. The van der Waals surface area contributed by atoms with E-state index in [9.17, 15) is 5.11 Å². The van der Waals surface area contributed by atoms with E-state index < -0.39 is 0 Å². The molecule has 0 saturated carbocycles. The number of aliphatic hydroxyl groups excluding tert-OH is 1. The molecular formula is C9H7NOS. The van der Waals surface area contributed by atoms with Crippen LogP contribution in [0.15, 0.2) is 30.4 Å². The Bertz CT molecular complexity index is 433. The van der Waals surface area contributed by atoms with Crippen LogP contribution in [0.4, 0.5) is 0 Å². The molecule has 0 bridgehead atoms. The third-order valence-corrected chi connectivity index (χ3v) is 2.54. The summed E-state index contributed by atoms with van der Waals surface area (Å²) in [5.41, 5.74) is 0.716. The SMILES string of the molecule is C=C(O)c1cncc2sccc12. The van der Waals surface area contributed by atoms with E-state index in [0.29, 0.717) is 5.56 Å². The Balaban J connectivity index is 2.82. The number of fused-ring (bicyclic) bond motifs is 1. The molecule has 0 aliphatic rings. The zero-order valence-corrected chi connectivity index (χ0v) is 7.14. The first-order valence-electron chi connectivity index (χ1n) is 3.48. The largest absolute Gasteiger partial charge is 0.508 e. The van der Waals surface area contributed by atoms with Crippen molar-refractivity contribution in [1.29, 1.82) is 0 Å². The summed E-state index contributed by atoms with van der Waals surface area (Å²) < 4.78 is 1.07. The quantitative estimate of drug-likeness (QED) is 0.679. The molecule has 12 heavy (non-hydrogen) atoms. The van der Waals surface area contributed by atoms with Crippen molar-refractivity contribution in [3.05, 3.63) is 36.0 Å². The van der Waals surface area contributed by atoms with E-state index in [0.717, 1.165) is 10.1 Å². The van der Waals surface area contributed by atoms with Crippen molar-refractivity contribution in [1.82, 2.24) is 4.98 Å². The average molecular weight is 177 g/mol. The molecule has 0 fully saturated rings. The van der Waals surface area contributed by atoms with Crippen LogP contribution in [0.1, 0.15) is 5.56 Å². The second-order valence-electron chi connectivity index (χ2n) is 2.47. The zero-order valence-electron chi connectivity index (χ0n) is 6.32. The second kappa shape index (κ2) is 2.60. The lowest BCUT2D eigenvalue weighted by molar-refractivity contribution is 0.514. The van der Waals surface area contributed by atoms with Crippen LogP contribution in [0.3, 0.4) is 0 Å². The fourth-order valence-electron chi connectivity index (χ4n) is 1.12. The molecule has 0 spiro atoms. The molecule has 0 amide bonds. The van der Waals surface area contributed by atoms with Crippen LogP contribution in [-0.4, -0.2) is 10.1 Å². The smallest absolute Gasteiger partial charge is 0.117 e. The number of aliphatic hydroxyl groups is 1. The minimum Gasteiger partial charge on any atom is -0.508 e. The van der Waals surface area contributed by atoms with Gasteiger partial charge in [-0.15, -0.1) is 11.3 Å². The van der Waals surface area contributed by atoms with Gasteiger partial charge in [-0.3, -0.25) is 4.98 Å². The van der Waals surface area contributed by atoms with Crippen molar-refractivity contribution in [2.24, 2.45) is 0 Å². The van der Waals surface area contributed by atoms with Gasteiger partial charge < -0.3 is 5.11 Å². The first-order valence-corrected chi connectivity index (χ1v) is 4.36. The molecule has 0 saturated heterocycles. The van der Waals surface area contributed by atoms with Gasteiger partial charge in [-0.2, -0.15) is 0 Å². The van der Waals surface area contributed by atoms with Crippen LogP contribution in [0.5, 0.6) is 0 Å². The lowest BCUT2D eigenvalue weighted by Crippen LogP contribution is -1.82. The first-order chi connectivity index (χ1) is 5.79. The van der Waals surface area contributed by atoms with Gasteiger partial charge in [-0.25, -0.2) is 0 Å². The van der Waals surface area contributed by atoms with Gasteiger partial charge >= 0.3 is 0 Å². The Morgan fingerprint density at radius 2 is 2.33 bits per heavy atom. The molecule has 2 aromatic heterocycles. The third kappa shape index (κ3) is 0.987. The Morgan fingerprint density at radius 1 is 1.50 bits per heavy atom. The van der Waals surface area contributed by atoms with Gasteiger partial charge in [0, 0.05) is 23.3 Å². The van der Waals surface area contributed by atoms with E-state index in [-0.39, 0.29) is 5.76 Å². The number of thiophene rings is 1. The third-order valence-electron chi connectivity index (χ3n) is 1.69. The molecule has 60 valence electrons. The first kappa shape index (κ1) is 7.31. The Hall–Kier alpha value is -1.35. The van der Waals surface area contributed by atoms with Crippen molar-refractivity contribution < 1.29 is 5.11 Å². The lowest BCUT2D eigenvalue weighted by atomic mass is 10.2. The van der Waals surface area contributed by atoms with Gasteiger partial charge in [0.2, 0.25) is 0 Å². The lowest BCUT2D eigenvalue weighted by Gasteiger charge is -1.98. The van der Waals surface area contributed by atoms with E-state index in [1.165, 1.54) is 0 Å². The van der Waals surface area contributed by atoms with Gasteiger partial charge in [0.15, 0.2) is 0 Å². The molecule has 0 radical (unpaired) electrons. The summed E-state index contributed by atoms with van der Waals surface area (Å²) in [5.74, 6) is 0.0755. The normalized spacial score (nSPS) is 10.3. The Kier molecular flexibility index (Phi) is 1.59. The van der Waals surface area contributed by atoms with Gasteiger partial charge in [0.05, 0.1) is 4.70 Å². The predicted molar refractivity (Wildman–Crippen MR) is 51.3 cm³/mol. The molecular weight excluding hydrogens is 170 g/mol. The number of nitrogens with zero attached hydrogens (tertiary/aromatic N) is 1. The van der Waals surface area contributed by atoms with Crippen molar-refractivity contribution in [3.63, 3.8) is 0 Å². The van der Waals surface area contributed by atoms with Crippen LogP contribution in [-0.2, 0) is 0 Å². The van der Waals surface area contributed by atoms with Gasteiger partial charge in [0.25, 0.3) is 0 Å². The van der Waals surface area contributed by atoms with Crippen molar-refractivity contribution in [2.45, 2.75) is 0 Å². The molecule has 0 atom stereocenters. The molecule has 2 rings (SSSR count). The maximum Gasteiger partial charge on any atom is 0.117 e. The second-order valence-corrected chi connectivity index (χ2v) is 3.41. The molecule has 2 heterocycles. The van der Waals surface area contributed by atoms with Crippen LogP contribution in [0.2, 0.25) is 0 Å². The Morgan fingerprint density at radius 3 is 3.08 bits per heavy atom. The summed E-state index contributed by atoms with van der Waals surface area (Å²) in [6, 6.07) is 1.96. The monoisotopic (exact) mass is 177 g/mol. The highest BCUT2D eigenvalue weighted by Crippen LogP contribution is 2.25. The summed E-state index contributed by atoms with van der Waals surface area (Å²) >= 11 is 1.60. The summed E-state index contributed by atoms with van der Waals surface area (Å²) in [5, 5.41) is 12.2. The number of hydrogen-bond acceptors (Lipinski definition) is 3. The van der Waals surface area contributed by atoms with E-state index in [1.807, 2.05) is 11.4 Å². The summed E-state index contributed by atoms with van der Waals surface area (Å²) in [6.07, 6.45) is 3.41. The summed E-state index contributed by atoms with van der Waals surface area (Å²) in [4.78, 5) is 4.00. The maximum absolute atomic E-state index is 9.21. The summed E-state index contributed by atoms with van der Waals surface area (Å²) in [6.45, 7) is 3.48. The highest BCUT2D eigenvalue weighted by atomic mass is 32.1. The summed E-state index contributed by atoms with van der Waals surface area (Å²) in [7, 11) is 0. The number of hydrogen-bond donors (Lipinski definition) is 1. The number of rotatable bonds is 1. The molecule has 3 heteroatoms. The molecule has 2 aromatic rings. The van der Waals surface area contributed by atoms with Gasteiger partial charge in [0.1, 0.15) is 5.76 Å². The minimum atomic E-state index is 0.0755. The van der Waals surface area contributed by atoms with Gasteiger partial charge in [-0.05, 0) is 11.4 Å². The van der Waals surface area contributed by atoms with Crippen molar-refractivity contribution in [3.8, 4) is 0 Å². The maximum atomic E-state index is 9.21. The zero-order chi connectivity index (χ0) is 8.55. The average Bonchev–Trinajstić information content (AvgIpc) is 2.49. The van der Waals surface area contributed by atoms with Crippen molar-refractivity contribution in [2.75, 3.05) is 0 Å². The minimum absolute atomic E-state index is 0.0755. The standard InChI is InChI=1S/C9H7NOS/c1-6(11)8-4-10-5-9-7(8)2-3-12-9/h2-5,11H,1H2. The Labute approximate surface area is 73.8 Å². The van der Waals surface area contributed by atoms with E-state index >= 15 is 0 Å². The molecule has 2 nitrogen and oxygen atoms in total. The number of aromatic nitrogens is 1. The van der Waals surface area contributed by atoms with Gasteiger partial charge in [-0.1, -0.05) is 6.58 Å². The van der Waals surface area contributed by atoms with E-state index in [4.69, 9.17) is 0 Å².